The molecule has 3 aromatic rings. The Bertz CT molecular complexity index is 1220. The number of hydrogen-bond acceptors (Lipinski definition) is 4. The lowest BCUT2D eigenvalue weighted by molar-refractivity contribution is -0.135. The summed E-state index contributed by atoms with van der Waals surface area (Å²) in [5.41, 5.74) is 4.10. The fraction of sp³-hybridized carbons (Fsp3) is 0.379. The van der Waals surface area contributed by atoms with Crippen LogP contribution in [-0.4, -0.2) is 48.0 Å². The smallest absolute Gasteiger partial charge is 0.322 e. The van der Waals surface area contributed by atoms with Gasteiger partial charge in [-0.1, -0.05) is 35.9 Å². The van der Waals surface area contributed by atoms with Crippen molar-refractivity contribution in [1.29, 1.82) is 0 Å². The number of rotatable bonds is 8. The molecule has 2 aromatic carbocycles. The Kier molecular flexibility index (Phi) is 7.28. The van der Waals surface area contributed by atoms with Crippen molar-refractivity contribution in [1.82, 2.24) is 9.80 Å². The van der Waals surface area contributed by atoms with E-state index in [2.05, 4.69) is 16.8 Å². The number of thiophene rings is 1. The number of ether oxygens (including phenoxy) is 1. The lowest BCUT2D eigenvalue weighted by Crippen LogP contribution is -2.49. The lowest BCUT2D eigenvalue weighted by Gasteiger charge is -2.37. The van der Waals surface area contributed by atoms with Crippen molar-refractivity contribution < 1.29 is 14.3 Å². The van der Waals surface area contributed by atoms with Crippen molar-refractivity contribution in [2.45, 2.75) is 39.2 Å². The van der Waals surface area contributed by atoms with Gasteiger partial charge in [-0.25, -0.2) is 4.79 Å². The van der Waals surface area contributed by atoms with Gasteiger partial charge in [0.15, 0.2) is 0 Å². The number of nitrogens with zero attached hydrogens (tertiary/aromatic N) is 2. The van der Waals surface area contributed by atoms with Crippen molar-refractivity contribution >= 4 is 29.0 Å². The predicted molar refractivity (Wildman–Crippen MR) is 144 cm³/mol. The van der Waals surface area contributed by atoms with Crippen LogP contribution >= 0.6 is 11.3 Å². The Morgan fingerprint density at radius 2 is 1.86 bits per heavy atom. The molecule has 1 aliphatic carbocycles. The molecule has 0 saturated heterocycles. The zero-order chi connectivity index (χ0) is 25.1. The largest absolute Gasteiger partial charge is 0.491 e. The Morgan fingerprint density at radius 3 is 2.61 bits per heavy atom. The average Bonchev–Trinajstić information content (AvgIpc) is 3.56. The predicted octanol–water partition coefficient (Wildman–Crippen LogP) is 5.81. The standard InChI is InChI=1S/C29H33N3O3S/c1-20-7-11-23(12-8-20)30-29(34)31(17-22-9-10-22)18-28(33)32-15-13-27-24(14-16-36-27)25(32)19-35-26-6-4-3-5-21(26)2/h3-8,11-12,14,16,22,25H,9-10,13,15,17-19H2,1-2H3,(H,30,34). The maximum atomic E-state index is 13.7. The molecule has 2 heterocycles. The first-order valence-corrected chi connectivity index (χ1v) is 13.5. The number of benzene rings is 2. The first-order chi connectivity index (χ1) is 17.5. The minimum Gasteiger partial charge on any atom is -0.491 e. The Hall–Kier alpha value is -3.32. The molecule has 1 saturated carbocycles. The summed E-state index contributed by atoms with van der Waals surface area (Å²) in [5.74, 6) is 1.27. The second-order valence-electron chi connectivity index (χ2n) is 9.85. The van der Waals surface area contributed by atoms with Crippen LogP contribution in [0.15, 0.2) is 60.0 Å². The lowest BCUT2D eigenvalue weighted by atomic mass is 10.0. The highest BCUT2D eigenvalue weighted by molar-refractivity contribution is 7.10. The monoisotopic (exact) mass is 503 g/mol. The first-order valence-electron chi connectivity index (χ1n) is 12.6. The van der Waals surface area contributed by atoms with E-state index in [4.69, 9.17) is 4.74 Å². The summed E-state index contributed by atoms with van der Waals surface area (Å²) in [5, 5.41) is 5.07. The zero-order valence-corrected chi connectivity index (χ0v) is 21.7. The van der Waals surface area contributed by atoms with E-state index in [0.29, 0.717) is 25.6 Å². The molecule has 0 spiro atoms. The maximum absolute atomic E-state index is 13.7. The van der Waals surface area contributed by atoms with E-state index >= 15 is 0 Å². The third kappa shape index (κ3) is 5.73. The molecule has 1 aromatic heterocycles. The van der Waals surface area contributed by atoms with Crippen molar-refractivity contribution in [2.75, 3.05) is 31.6 Å². The molecule has 188 valence electrons. The van der Waals surface area contributed by atoms with Gasteiger partial charge in [0.25, 0.3) is 0 Å². The second kappa shape index (κ2) is 10.7. The number of urea groups is 1. The van der Waals surface area contributed by atoms with E-state index in [1.807, 2.05) is 67.3 Å². The van der Waals surface area contributed by atoms with Crippen molar-refractivity contribution in [3.63, 3.8) is 0 Å². The topological polar surface area (TPSA) is 61.9 Å². The van der Waals surface area contributed by atoms with Gasteiger partial charge >= 0.3 is 6.03 Å². The van der Waals surface area contributed by atoms with E-state index in [1.54, 1.807) is 16.2 Å². The zero-order valence-electron chi connectivity index (χ0n) is 20.9. The molecule has 3 amide bonds. The number of amides is 3. The minimum absolute atomic E-state index is 0.0371. The normalized spacial score (nSPS) is 16.8. The van der Waals surface area contributed by atoms with Crippen LogP contribution in [0.5, 0.6) is 5.75 Å². The Balaban J connectivity index is 1.31. The third-order valence-electron chi connectivity index (χ3n) is 7.00. The van der Waals surface area contributed by atoms with Gasteiger partial charge in [0.2, 0.25) is 5.91 Å². The number of nitrogens with one attached hydrogen (secondary N) is 1. The summed E-state index contributed by atoms with van der Waals surface area (Å²) in [4.78, 5) is 31.8. The molecule has 36 heavy (non-hydrogen) atoms. The molecular weight excluding hydrogens is 470 g/mol. The van der Waals surface area contributed by atoms with E-state index in [0.717, 1.165) is 47.4 Å². The molecule has 7 heteroatoms. The second-order valence-corrected chi connectivity index (χ2v) is 10.8. The molecule has 1 unspecified atom stereocenters. The summed E-state index contributed by atoms with van der Waals surface area (Å²) in [7, 11) is 0. The van der Waals surface area contributed by atoms with Crippen LogP contribution in [0.4, 0.5) is 10.5 Å². The summed E-state index contributed by atoms with van der Waals surface area (Å²) in [6.45, 7) is 5.72. The first kappa shape index (κ1) is 24.4. The van der Waals surface area contributed by atoms with E-state index < -0.39 is 0 Å². The summed E-state index contributed by atoms with van der Waals surface area (Å²) >= 11 is 1.74. The van der Waals surface area contributed by atoms with Gasteiger partial charge in [-0.15, -0.1) is 11.3 Å². The van der Waals surface area contributed by atoms with Crippen LogP contribution in [0.2, 0.25) is 0 Å². The van der Waals surface area contributed by atoms with Gasteiger partial charge in [-0.2, -0.15) is 0 Å². The van der Waals surface area contributed by atoms with Crippen molar-refractivity contribution in [3.8, 4) is 5.75 Å². The highest BCUT2D eigenvalue weighted by Gasteiger charge is 2.35. The Labute approximate surface area is 216 Å². The molecule has 1 aliphatic heterocycles. The molecule has 0 bridgehead atoms. The number of hydrogen-bond donors (Lipinski definition) is 1. The van der Waals surface area contributed by atoms with Crippen LogP contribution in [0.3, 0.4) is 0 Å². The molecule has 6 nitrogen and oxygen atoms in total. The quantitative estimate of drug-likeness (QED) is 0.422. The molecule has 2 aliphatic rings. The third-order valence-corrected chi connectivity index (χ3v) is 7.99. The number of fused-ring (bicyclic) bond motifs is 1. The molecule has 1 N–H and O–H groups in total. The molecule has 1 atom stereocenters. The van der Waals surface area contributed by atoms with Crippen LogP contribution in [0.25, 0.3) is 0 Å². The van der Waals surface area contributed by atoms with Crippen LogP contribution < -0.4 is 10.1 Å². The van der Waals surface area contributed by atoms with E-state index in [9.17, 15) is 9.59 Å². The van der Waals surface area contributed by atoms with Crippen LogP contribution in [0.1, 0.15) is 40.5 Å². The number of para-hydroxylation sites is 1. The van der Waals surface area contributed by atoms with Gasteiger partial charge in [0.1, 0.15) is 18.9 Å². The molecule has 1 fully saturated rings. The fourth-order valence-corrected chi connectivity index (χ4v) is 5.61. The van der Waals surface area contributed by atoms with Crippen molar-refractivity contribution in [3.05, 3.63) is 81.5 Å². The van der Waals surface area contributed by atoms with Gasteiger partial charge in [0.05, 0.1) is 6.04 Å². The van der Waals surface area contributed by atoms with E-state index in [1.165, 1.54) is 4.88 Å². The summed E-state index contributed by atoms with van der Waals surface area (Å²) in [6, 6.07) is 17.4. The van der Waals surface area contributed by atoms with Gasteiger partial charge < -0.3 is 19.9 Å². The van der Waals surface area contributed by atoms with Crippen molar-refractivity contribution in [2.24, 2.45) is 5.92 Å². The van der Waals surface area contributed by atoms with Crippen LogP contribution in [0, 0.1) is 19.8 Å². The van der Waals surface area contributed by atoms with Gasteiger partial charge in [0, 0.05) is 23.7 Å². The average molecular weight is 504 g/mol. The van der Waals surface area contributed by atoms with E-state index in [-0.39, 0.29) is 24.5 Å². The van der Waals surface area contributed by atoms with Crippen LogP contribution in [-0.2, 0) is 11.2 Å². The highest BCUT2D eigenvalue weighted by atomic mass is 32.1. The SMILES string of the molecule is Cc1ccc(NC(=O)N(CC(=O)N2CCc3sccc3C2COc2ccccc2C)CC2CC2)cc1. The molecule has 5 rings (SSSR count). The highest BCUT2D eigenvalue weighted by Crippen LogP contribution is 2.35. The molecule has 0 radical (unpaired) electrons. The van der Waals surface area contributed by atoms with Gasteiger partial charge in [-0.05, 0) is 79.8 Å². The number of anilines is 1. The molecular formula is C29H33N3O3S. The number of carbonyl (C=O) groups is 2. The maximum Gasteiger partial charge on any atom is 0.322 e. The summed E-state index contributed by atoms with van der Waals surface area (Å²) in [6.07, 6.45) is 3.05. The number of carbonyl (C=O) groups excluding carboxylic acids is 2. The summed E-state index contributed by atoms with van der Waals surface area (Å²) < 4.78 is 6.22. The fourth-order valence-electron chi connectivity index (χ4n) is 4.69. The number of aryl methyl sites for hydroxylation is 2. The minimum atomic E-state index is -0.222. The van der Waals surface area contributed by atoms with Gasteiger partial charge in [-0.3, -0.25) is 4.79 Å². The Morgan fingerprint density at radius 1 is 1.08 bits per heavy atom.